The molecule has 1 fully saturated rings. The summed E-state index contributed by atoms with van der Waals surface area (Å²) in [4.78, 5) is 25.9. The number of nitrogens with one attached hydrogen (secondary N) is 1. The number of rotatable bonds is 2. The summed E-state index contributed by atoms with van der Waals surface area (Å²) >= 11 is 0. The van der Waals surface area contributed by atoms with Gasteiger partial charge in [0.25, 0.3) is 0 Å². The third-order valence-electron chi connectivity index (χ3n) is 3.05. The van der Waals surface area contributed by atoms with Gasteiger partial charge in [0.1, 0.15) is 0 Å². The molecule has 1 aliphatic carbocycles. The maximum Gasteiger partial charge on any atom is 0.337 e. The summed E-state index contributed by atoms with van der Waals surface area (Å²) in [6, 6.07) is 5.44. The maximum absolute atomic E-state index is 11.8. The highest BCUT2D eigenvalue weighted by atomic mass is 16.5. The van der Waals surface area contributed by atoms with E-state index in [9.17, 15) is 9.59 Å². The summed E-state index contributed by atoms with van der Waals surface area (Å²) in [5.74, 6) is -0.396. The first-order valence-corrected chi connectivity index (χ1v) is 5.53. The maximum atomic E-state index is 11.8. The molecule has 3 rings (SSSR count). The van der Waals surface area contributed by atoms with Crippen molar-refractivity contribution in [3.8, 4) is 0 Å². The number of ether oxygens (including phenoxy) is 1. The second-order valence-corrected chi connectivity index (χ2v) is 4.25. The topological polar surface area (TPSA) is 64.1 Å². The molecule has 0 amide bonds. The molecule has 2 aromatic rings. The normalized spacial score (nSPS) is 15.1. The van der Waals surface area contributed by atoms with Gasteiger partial charge in [-0.15, -0.1) is 0 Å². The quantitative estimate of drug-likeness (QED) is 0.797. The van der Waals surface area contributed by atoms with Crippen molar-refractivity contribution >= 4 is 17.0 Å². The van der Waals surface area contributed by atoms with Crippen LogP contribution in [0.2, 0.25) is 0 Å². The van der Waals surface area contributed by atoms with Crippen LogP contribution in [0.15, 0.2) is 23.0 Å². The first kappa shape index (κ1) is 10.1. The van der Waals surface area contributed by atoms with Gasteiger partial charge in [0.05, 0.1) is 23.7 Å². The Kier molecular flexibility index (Phi) is 2.07. The molecule has 0 saturated heterocycles. The lowest BCUT2D eigenvalue weighted by Gasteiger charge is -2.01. The van der Waals surface area contributed by atoms with E-state index in [0.29, 0.717) is 17.1 Å². The van der Waals surface area contributed by atoms with Crippen molar-refractivity contribution in [1.29, 1.82) is 0 Å². The van der Waals surface area contributed by atoms with Crippen LogP contribution in [-0.4, -0.2) is 22.6 Å². The second kappa shape index (κ2) is 3.48. The number of carbonyl (C=O) groups excluding carboxylic acids is 1. The molecule has 1 N–H and O–H groups in total. The summed E-state index contributed by atoms with van der Waals surface area (Å²) < 4.78 is 6.40. The number of H-pyrrole nitrogens is 1. The van der Waals surface area contributed by atoms with Crippen molar-refractivity contribution in [3.63, 3.8) is 0 Å². The summed E-state index contributed by atoms with van der Waals surface area (Å²) in [7, 11) is 1.34. The first-order chi connectivity index (χ1) is 8.20. The number of benzene rings is 1. The van der Waals surface area contributed by atoms with Crippen LogP contribution < -0.4 is 5.69 Å². The number of aromatic amines is 1. The van der Waals surface area contributed by atoms with Gasteiger partial charge < -0.3 is 9.72 Å². The Morgan fingerprint density at radius 2 is 2.24 bits per heavy atom. The third-order valence-corrected chi connectivity index (χ3v) is 3.05. The molecule has 17 heavy (non-hydrogen) atoms. The SMILES string of the molecule is COC(=O)c1ccc2c(c1)[nH]c(=O)n2C1CC1. The molecule has 0 spiro atoms. The van der Waals surface area contributed by atoms with E-state index in [4.69, 9.17) is 0 Å². The molecule has 0 aliphatic heterocycles. The number of hydrogen-bond acceptors (Lipinski definition) is 3. The van der Waals surface area contributed by atoms with Gasteiger partial charge in [-0.3, -0.25) is 4.57 Å². The zero-order valence-electron chi connectivity index (χ0n) is 9.40. The van der Waals surface area contributed by atoms with Gasteiger partial charge in [-0.05, 0) is 31.0 Å². The number of aromatic nitrogens is 2. The van der Waals surface area contributed by atoms with Crippen LogP contribution in [0.3, 0.4) is 0 Å². The summed E-state index contributed by atoms with van der Waals surface area (Å²) in [5, 5.41) is 0. The predicted molar refractivity (Wildman–Crippen MR) is 62.2 cm³/mol. The van der Waals surface area contributed by atoms with Gasteiger partial charge in [-0.25, -0.2) is 9.59 Å². The van der Waals surface area contributed by atoms with Crippen molar-refractivity contribution in [2.45, 2.75) is 18.9 Å². The lowest BCUT2D eigenvalue weighted by Crippen LogP contribution is -2.14. The molecular weight excluding hydrogens is 220 g/mol. The van der Waals surface area contributed by atoms with E-state index in [1.165, 1.54) is 7.11 Å². The molecule has 1 aromatic heterocycles. The zero-order chi connectivity index (χ0) is 12.0. The van der Waals surface area contributed by atoms with Gasteiger partial charge in [0, 0.05) is 6.04 Å². The average Bonchev–Trinajstić information content (AvgIpc) is 3.10. The van der Waals surface area contributed by atoms with Crippen molar-refractivity contribution in [1.82, 2.24) is 9.55 Å². The molecular formula is C12H12N2O3. The summed E-state index contributed by atoms with van der Waals surface area (Å²) in [5.41, 5.74) is 1.88. The number of esters is 1. The number of methoxy groups -OCH3 is 1. The molecule has 0 radical (unpaired) electrons. The highest BCUT2D eigenvalue weighted by molar-refractivity contribution is 5.93. The van der Waals surface area contributed by atoms with E-state index < -0.39 is 5.97 Å². The summed E-state index contributed by atoms with van der Waals surface area (Å²) in [6.07, 6.45) is 2.09. The van der Waals surface area contributed by atoms with Gasteiger partial charge >= 0.3 is 11.7 Å². The smallest absolute Gasteiger partial charge is 0.337 e. The van der Waals surface area contributed by atoms with Crippen molar-refractivity contribution in [2.24, 2.45) is 0 Å². The van der Waals surface area contributed by atoms with Gasteiger partial charge in [-0.1, -0.05) is 0 Å². The Labute approximate surface area is 97.0 Å². The van der Waals surface area contributed by atoms with Crippen molar-refractivity contribution in [3.05, 3.63) is 34.2 Å². The van der Waals surface area contributed by atoms with Crippen LogP contribution >= 0.6 is 0 Å². The number of hydrogen-bond donors (Lipinski definition) is 1. The van der Waals surface area contributed by atoms with Crippen LogP contribution in [0.4, 0.5) is 0 Å². The van der Waals surface area contributed by atoms with Crippen LogP contribution in [0.1, 0.15) is 29.2 Å². The molecule has 0 bridgehead atoms. The molecule has 1 heterocycles. The Morgan fingerprint density at radius 1 is 1.47 bits per heavy atom. The largest absolute Gasteiger partial charge is 0.465 e. The van der Waals surface area contributed by atoms with E-state index in [0.717, 1.165) is 18.4 Å². The zero-order valence-corrected chi connectivity index (χ0v) is 9.40. The minimum absolute atomic E-state index is 0.107. The molecule has 0 unspecified atom stereocenters. The lowest BCUT2D eigenvalue weighted by atomic mass is 10.2. The molecule has 5 nitrogen and oxygen atoms in total. The van der Waals surface area contributed by atoms with E-state index >= 15 is 0 Å². The Bertz CT molecular complexity index is 649. The Morgan fingerprint density at radius 3 is 2.88 bits per heavy atom. The Balaban J connectivity index is 2.18. The lowest BCUT2D eigenvalue weighted by molar-refractivity contribution is 0.0601. The fourth-order valence-corrected chi connectivity index (χ4v) is 2.07. The fraction of sp³-hybridized carbons (Fsp3) is 0.333. The van der Waals surface area contributed by atoms with Crippen LogP contribution in [0.5, 0.6) is 0 Å². The molecule has 1 aromatic carbocycles. The summed E-state index contributed by atoms with van der Waals surface area (Å²) in [6.45, 7) is 0. The highest BCUT2D eigenvalue weighted by Gasteiger charge is 2.27. The third kappa shape index (κ3) is 1.54. The number of fused-ring (bicyclic) bond motifs is 1. The number of imidazole rings is 1. The molecule has 1 aliphatic rings. The standard InChI is InChI=1S/C12H12N2O3/c1-17-11(15)7-2-5-10-9(6-7)13-12(16)14(10)8-3-4-8/h2,5-6,8H,3-4H2,1H3,(H,13,16). The van der Waals surface area contributed by atoms with Crippen LogP contribution in [-0.2, 0) is 4.74 Å². The molecule has 0 atom stereocenters. The average molecular weight is 232 g/mol. The van der Waals surface area contributed by atoms with E-state index in [-0.39, 0.29) is 5.69 Å². The predicted octanol–water partition coefficient (Wildman–Crippen LogP) is 1.45. The number of nitrogens with zero attached hydrogens (tertiary/aromatic N) is 1. The van der Waals surface area contributed by atoms with Gasteiger partial charge in [0.15, 0.2) is 0 Å². The highest BCUT2D eigenvalue weighted by Crippen LogP contribution is 2.35. The first-order valence-electron chi connectivity index (χ1n) is 5.53. The van der Waals surface area contributed by atoms with Crippen molar-refractivity contribution in [2.75, 3.05) is 7.11 Å². The van der Waals surface area contributed by atoms with Gasteiger partial charge in [0.2, 0.25) is 0 Å². The van der Waals surface area contributed by atoms with E-state index in [2.05, 4.69) is 9.72 Å². The Hall–Kier alpha value is -2.04. The minimum atomic E-state index is -0.396. The van der Waals surface area contributed by atoms with Crippen molar-refractivity contribution < 1.29 is 9.53 Å². The fourth-order valence-electron chi connectivity index (χ4n) is 2.07. The monoisotopic (exact) mass is 232 g/mol. The molecule has 88 valence electrons. The van der Waals surface area contributed by atoms with E-state index in [1.54, 1.807) is 22.8 Å². The second-order valence-electron chi connectivity index (χ2n) is 4.25. The van der Waals surface area contributed by atoms with Gasteiger partial charge in [-0.2, -0.15) is 0 Å². The van der Waals surface area contributed by atoms with E-state index in [1.807, 2.05) is 0 Å². The molecule has 5 heteroatoms. The molecule has 1 saturated carbocycles. The minimum Gasteiger partial charge on any atom is -0.465 e. The van der Waals surface area contributed by atoms with Crippen LogP contribution in [0.25, 0.3) is 11.0 Å². The number of carbonyl (C=O) groups is 1. The van der Waals surface area contributed by atoms with Crippen LogP contribution in [0, 0.1) is 0 Å².